The van der Waals surface area contributed by atoms with Gasteiger partial charge in [-0.1, -0.05) is 24.3 Å². The number of benzene rings is 2. The molecule has 0 saturated heterocycles. The molecule has 6 heteroatoms. The molecule has 0 spiro atoms. The smallest absolute Gasteiger partial charge is 0.339 e. The summed E-state index contributed by atoms with van der Waals surface area (Å²) in [5, 5.41) is 2.75. The van der Waals surface area contributed by atoms with Gasteiger partial charge in [0.15, 0.2) is 17.6 Å². The van der Waals surface area contributed by atoms with E-state index >= 15 is 0 Å². The summed E-state index contributed by atoms with van der Waals surface area (Å²) in [5.74, 6) is 0.477. The number of aryl methyl sites for hydroxylation is 1. The first kappa shape index (κ1) is 16.8. The molecular formula is C19H19NO5. The van der Waals surface area contributed by atoms with Crippen LogP contribution in [0.1, 0.15) is 28.4 Å². The van der Waals surface area contributed by atoms with E-state index in [0.717, 1.165) is 11.1 Å². The average molecular weight is 341 g/mol. The number of fused-ring (bicyclic) bond motifs is 1. The van der Waals surface area contributed by atoms with Gasteiger partial charge in [0.2, 0.25) is 6.79 Å². The molecular weight excluding hydrogens is 322 g/mol. The highest BCUT2D eigenvalue weighted by atomic mass is 16.7. The molecule has 0 aliphatic carbocycles. The number of hydrogen-bond donors (Lipinski definition) is 1. The van der Waals surface area contributed by atoms with Crippen LogP contribution in [0, 0.1) is 6.92 Å². The van der Waals surface area contributed by atoms with E-state index in [-0.39, 0.29) is 12.7 Å². The predicted octanol–water partition coefficient (Wildman–Crippen LogP) is 2.59. The summed E-state index contributed by atoms with van der Waals surface area (Å²) in [7, 11) is 0. The molecule has 1 heterocycles. The molecule has 0 bridgehead atoms. The van der Waals surface area contributed by atoms with Crippen molar-refractivity contribution in [2.45, 2.75) is 26.5 Å². The van der Waals surface area contributed by atoms with Crippen LogP contribution in [0.3, 0.4) is 0 Å². The molecule has 3 rings (SSSR count). The van der Waals surface area contributed by atoms with Crippen molar-refractivity contribution in [3.63, 3.8) is 0 Å². The summed E-state index contributed by atoms with van der Waals surface area (Å²) in [6, 6.07) is 12.5. The molecule has 1 amide bonds. The van der Waals surface area contributed by atoms with Crippen LogP contribution in [0.25, 0.3) is 0 Å². The van der Waals surface area contributed by atoms with Gasteiger partial charge in [0.25, 0.3) is 5.91 Å². The third-order valence-electron chi connectivity index (χ3n) is 3.92. The standard InChI is InChI=1S/C19H19NO5/c1-12-5-3-4-6-15(12)19(22)25-13(2)18(21)20-10-14-7-8-16-17(9-14)24-11-23-16/h3-9,13H,10-11H2,1-2H3,(H,20,21)/t13-/m0/s1. The normalized spacial score (nSPS) is 13.2. The van der Waals surface area contributed by atoms with Gasteiger partial charge in [-0.05, 0) is 43.2 Å². The van der Waals surface area contributed by atoms with Gasteiger partial charge < -0.3 is 19.5 Å². The summed E-state index contributed by atoms with van der Waals surface area (Å²) < 4.78 is 15.8. The average Bonchev–Trinajstić information content (AvgIpc) is 3.07. The molecule has 0 radical (unpaired) electrons. The van der Waals surface area contributed by atoms with Crippen LogP contribution >= 0.6 is 0 Å². The molecule has 1 aliphatic rings. The van der Waals surface area contributed by atoms with Crippen molar-refractivity contribution in [2.75, 3.05) is 6.79 Å². The monoisotopic (exact) mass is 341 g/mol. The molecule has 1 N–H and O–H groups in total. The third-order valence-corrected chi connectivity index (χ3v) is 3.92. The van der Waals surface area contributed by atoms with Crippen molar-refractivity contribution in [1.29, 1.82) is 0 Å². The third kappa shape index (κ3) is 3.91. The van der Waals surface area contributed by atoms with E-state index in [1.54, 1.807) is 25.1 Å². The maximum Gasteiger partial charge on any atom is 0.339 e. The van der Waals surface area contributed by atoms with Crippen LogP contribution in [-0.4, -0.2) is 24.8 Å². The number of esters is 1. The molecule has 0 unspecified atom stereocenters. The van der Waals surface area contributed by atoms with Gasteiger partial charge >= 0.3 is 5.97 Å². The summed E-state index contributed by atoms with van der Waals surface area (Å²) in [6.07, 6.45) is -0.888. The van der Waals surface area contributed by atoms with Crippen molar-refractivity contribution in [3.05, 3.63) is 59.2 Å². The van der Waals surface area contributed by atoms with Crippen LogP contribution < -0.4 is 14.8 Å². The molecule has 6 nitrogen and oxygen atoms in total. The van der Waals surface area contributed by atoms with Gasteiger partial charge in [-0.3, -0.25) is 4.79 Å². The van der Waals surface area contributed by atoms with Crippen LogP contribution in [0.2, 0.25) is 0 Å². The topological polar surface area (TPSA) is 73.9 Å². The highest BCUT2D eigenvalue weighted by molar-refractivity contribution is 5.93. The Morgan fingerprint density at radius 3 is 2.72 bits per heavy atom. The molecule has 0 saturated carbocycles. The minimum Gasteiger partial charge on any atom is -0.454 e. The second-order valence-corrected chi connectivity index (χ2v) is 5.77. The zero-order valence-electron chi connectivity index (χ0n) is 14.1. The van der Waals surface area contributed by atoms with Gasteiger partial charge in [-0.15, -0.1) is 0 Å². The number of hydrogen-bond acceptors (Lipinski definition) is 5. The van der Waals surface area contributed by atoms with E-state index in [0.29, 0.717) is 23.6 Å². The minimum atomic E-state index is -0.888. The summed E-state index contributed by atoms with van der Waals surface area (Å²) in [4.78, 5) is 24.3. The van der Waals surface area contributed by atoms with Gasteiger partial charge in [0.05, 0.1) is 5.56 Å². The molecule has 0 aromatic heterocycles. The maximum absolute atomic E-state index is 12.2. The summed E-state index contributed by atoms with van der Waals surface area (Å²) in [6.45, 7) is 3.88. The number of amides is 1. The Bertz CT molecular complexity index is 802. The first-order valence-corrected chi connectivity index (χ1v) is 7.97. The fourth-order valence-electron chi connectivity index (χ4n) is 2.46. The highest BCUT2D eigenvalue weighted by Crippen LogP contribution is 2.32. The fourth-order valence-corrected chi connectivity index (χ4v) is 2.46. The van der Waals surface area contributed by atoms with E-state index in [2.05, 4.69) is 5.32 Å². The Balaban J connectivity index is 1.54. The first-order valence-electron chi connectivity index (χ1n) is 7.97. The van der Waals surface area contributed by atoms with E-state index in [4.69, 9.17) is 14.2 Å². The first-order chi connectivity index (χ1) is 12.0. The SMILES string of the molecule is Cc1ccccc1C(=O)O[C@@H](C)C(=O)NCc1ccc2c(c1)OCO2. The lowest BCUT2D eigenvalue weighted by Gasteiger charge is -2.14. The van der Waals surface area contributed by atoms with Crippen molar-refractivity contribution in [3.8, 4) is 11.5 Å². The molecule has 25 heavy (non-hydrogen) atoms. The number of ether oxygens (including phenoxy) is 3. The van der Waals surface area contributed by atoms with E-state index in [1.165, 1.54) is 0 Å². The van der Waals surface area contributed by atoms with Crippen molar-refractivity contribution in [2.24, 2.45) is 0 Å². The maximum atomic E-state index is 12.2. The number of carbonyl (C=O) groups is 2. The lowest BCUT2D eigenvalue weighted by molar-refractivity contribution is -0.129. The van der Waals surface area contributed by atoms with E-state index in [1.807, 2.05) is 31.2 Å². The van der Waals surface area contributed by atoms with E-state index in [9.17, 15) is 9.59 Å². The Kier molecular flexibility index (Phi) is 4.88. The predicted molar refractivity (Wildman–Crippen MR) is 90.5 cm³/mol. The van der Waals surface area contributed by atoms with Crippen molar-refractivity contribution < 1.29 is 23.8 Å². The molecule has 2 aromatic rings. The Labute approximate surface area is 145 Å². The van der Waals surface area contributed by atoms with Crippen LogP contribution in [-0.2, 0) is 16.1 Å². The molecule has 0 fully saturated rings. The summed E-state index contributed by atoms with van der Waals surface area (Å²) in [5.41, 5.74) is 2.13. The van der Waals surface area contributed by atoms with E-state index < -0.39 is 12.1 Å². The largest absolute Gasteiger partial charge is 0.454 e. The quantitative estimate of drug-likeness (QED) is 0.846. The van der Waals surface area contributed by atoms with Gasteiger partial charge in [-0.25, -0.2) is 4.79 Å². The zero-order valence-corrected chi connectivity index (χ0v) is 14.1. The molecule has 1 aliphatic heterocycles. The Morgan fingerprint density at radius 2 is 1.92 bits per heavy atom. The second-order valence-electron chi connectivity index (χ2n) is 5.77. The van der Waals surface area contributed by atoms with Crippen LogP contribution in [0.5, 0.6) is 11.5 Å². The van der Waals surface area contributed by atoms with Gasteiger partial charge in [-0.2, -0.15) is 0 Å². The minimum absolute atomic E-state index is 0.205. The Morgan fingerprint density at radius 1 is 1.16 bits per heavy atom. The number of rotatable bonds is 5. The van der Waals surface area contributed by atoms with Crippen LogP contribution in [0.4, 0.5) is 0 Å². The van der Waals surface area contributed by atoms with Crippen molar-refractivity contribution >= 4 is 11.9 Å². The fraction of sp³-hybridized carbons (Fsp3) is 0.263. The lowest BCUT2D eigenvalue weighted by Crippen LogP contribution is -2.35. The Hall–Kier alpha value is -3.02. The zero-order chi connectivity index (χ0) is 17.8. The number of carbonyl (C=O) groups excluding carboxylic acids is 2. The molecule has 1 atom stereocenters. The highest BCUT2D eigenvalue weighted by Gasteiger charge is 2.20. The molecule has 2 aromatic carbocycles. The summed E-state index contributed by atoms with van der Waals surface area (Å²) >= 11 is 0. The van der Waals surface area contributed by atoms with Gasteiger partial charge in [0.1, 0.15) is 0 Å². The van der Waals surface area contributed by atoms with Crippen molar-refractivity contribution in [1.82, 2.24) is 5.32 Å². The molecule has 130 valence electrons. The lowest BCUT2D eigenvalue weighted by atomic mass is 10.1. The number of nitrogens with one attached hydrogen (secondary N) is 1. The second kappa shape index (κ2) is 7.25. The van der Waals surface area contributed by atoms with Gasteiger partial charge in [0, 0.05) is 6.54 Å². The van der Waals surface area contributed by atoms with Crippen LogP contribution in [0.15, 0.2) is 42.5 Å².